The van der Waals surface area contributed by atoms with Crippen molar-refractivity contribution in [3.05, 3.63) is 24.3 Å². The lowest BCUT2D eigenvalue weighted by atomic mass is 9.88. The van der Waals surface area contributed by atoms with Crippen LogP contribution in [0.25, 0.3) is 0 Å². The number of nitriles is 1. The molecule has 0 heterocycles. The molecule has 1 aliphatic rings. The van der Waals surface area contributed by atoms with Gasteiger partial charge in [0, 0.05) is 17.2 Å². The van der Waals surface area contributed by atoms with E-state index in [2.05, 4.69) is 5.32 Å². The van der Waals surface area contributed by atoms with E-state index in [-0.39, 0.29) is 17.9 Å². The van der Waals surface area contributed by atoms with Crippen molar-refractivity contribution in [2.45, 2.75) is 32.6 Å². The number of ether oxygens (including phenoxy) is 1. The van der Waals surface area contributed by atoms with Gasteiger partial charge in [0.2, 0.25) is 5.91 Å². The second-order valence-corrected chi connectivity index (χ2v) is 5.20. The van der Waals surface area contributed by atoms with E-state index in [0.717, 1.165) is 25.7 Å². The van der Waals surface area contributed by atoms with Crippen LogP contribution in [0, 0.1) is 16.7 Å². The largest absolute Gasteiger partial charge is 0.479 e. The van der Waals surface area contributed by atoms with E-state index in [1.165, 1.54) is 0 Å². The van der Waals surface area contributed by atoms with Crippen molar-refractivity contribution in [3.63, 3.8) is 0 Å². The minimum atomic E-state index is -0.247. The minimum Gasteiger partial charge on any atom is -0.479 e. The predicted octanol–water partition coefficient (Wildman–Crippen LogP) is 3.11. The number of carbonyl (C=O) groups excluding carboxylic acids is 1. The number of carbonyl (C=O) groups is 1. The van der Waals surface area contributed by atoms with E-state index in [1.54, 1.807) is 18.2 Å². The Labute approximate surface area is 113 Å². The Morgan fingerprint density at radius 3 is 2.89 bits per heavy atom. The Balaban J connectivity index is 2.02. The van der Waals surface area contributed by atoms with E-state index < -0.39 is 0 Å². The molecule has 0 aromatic heterocycles. The van der Waals surface area contributed by atoms with Crippen LogP contribution in [-0.2, 0) is 4.79 Å². The molecule has 0 spiro atoms. The molecule has 0 radical (unpaired) electrons. The quantitative estimate of drug-likeness (QED) is 0.902. The molecule has 0 aliphatic heterocycles. The first-order chi connectivity index (χ1) is 9.14. The van der Waals surface area contributed by atoms with Crippen LogP contribution in [0.1, 0.15) is 32.6 Å². The van der Waals surface area contributed by atoms with Crippen LogP contribution in [0.4, 0.5) is 5.69 Å². The van der Waals surface area contributed by atoms with Gasteiger partial charge in [0.15, 0.2) is 6.61 Å². The molecule has 1 aliphatic carbocycles. The summed E-state index contributed by atoms with van der Waals surface area (Å²) >= 11 is 0. The summed E-state index contributed by atoms with van der Waals surface area (Å²) in [6, 6.07) is 9.06. The molecular weight excluding hydrogens is 240 g/mol. The van der Waals surface area contributed by atoms with Gasteiger partial charge in [-0.05, 0) is 25.0 Å². The van der Waals surface area contributed by atoms with Crippen molar-refractivity contribution in [2.75, 3.05) is 11.9 Å². The second kappa shape index (κ2) is 5.75. The summed E-state index contributed by atoms with van der Waals surface area (Å²) in [4.78, 5) is 12.3. The Kier molecular flexibility index (Phi) is 4.06. The van der Waals surface area contributed by atoms with Gasteiger partial charge in [0.25, 0.3) is 0 Å². The molecule has 1 aromatic carbocycles. The zero-order chi connectivity index (χ0) is 13.7. The van der Waals surface area contributed by atoms with E-state index >= 15 is 0 Å². The van der Waals surface area contributed by atoms with Crippen LogP contribution in [0.5, 0.6) is 5.75 Å². The number of rotatable bonds is 4. The van der Waals surface area contributed by atoms with E-state index in [4.69, 9.17) is 10.00 Å². The highest BCUT2D eigenvalue weighted by Crippen LogP contribution is 2.38. The Morgan fingerprint density at radius 1 is 1.47 bits per heavy atom. The maximum atomic E-state index is 12.3. The van der Waals surface area contributed by atoms with E-state index in [0.29, 0.717) is 11.4 Å². The summed E-state index contributed by atoms with van der Waals surface area (Å²) in [7, 11) is 0. The summed E-state index contributed by atoms with van der Waals surface area (Å²) in [5.41, 5.74) is 0.470. The molecule has 100 valence electrons. The number of hydrogen-bond donors (Lipinski definition) is 1. The van der Waals surface area contributed by atoms with Gasteiger partial charge >= 0.3 is 0 Å². The molecule has 1 amide bonds. The molecule has 1 aromatic rings. The van der Waals surface area contributed by atoms with Gasteiger partial charge in [-0.3, -0.25) is 4.79 Å². The smallest absolute Gasteiger partial charge is 0.230 e. The number of nitrogens with zero attached hydrogens (tertiary/aromatic N) is 1. The average Bonchev–Trinajstić information content (AvgIpc) is 2.85. The van der Waals surface area contributed by atoms with Crippen molar-refractivity contribution in [2.24, 2.45) is 5.41 Å². The fourth-order valence-corrected chi connectivity index (χ4v) is 2.44. The molecule has 0 bridgehead atoms. The molecule has 0 atom stereocenters. The number of anilines is 1. The first-order valence-corrected chi connectivity index (χ1v) is 6.55. The lowest BCUT2D eigenvalue weighted by Gasteiger charge is -2.22. The van der Waals surface area contributed by atoms with Crippen molar-refractivity contribution in [3.8, 4) is 11.8 Å². The maximum absolute atomic E-state index is 12.3. The highest BCUT2D eigenvalue weighted by Gasteiger charge is 2.36. The molecule has 4 heteroatoms. The Hall–Kier alpha value is -2.02. The fraction of sp³-hybridized carbons (Fsp3) is 0.467. The van der Waals surface area contributed by atoms with Crippen LogP contribution in [0.3, 0.4) is 0 Å². The molecule has 4 nitrogen and oxygen atoms in total. The van der Waals surface area contributed by atoms with E-state index in [9.17, 15) is 4.79 Å². The number of benzene rings is 1. The highest BCUT2D eigenvalue weighted by molar-refractivity contribution is 5.95. The summed E-state index contributed by atoms with van der Waals surface area (Å²) in [5, 5.41) is 11.4. The standard InChI is InChI=1S/C15H18N2O2/c1-15(7-2-3-8-15)14(18)17-12-5-4-6-13(11-12)19-10-9-16/h4-6,11H,2-3,7-8,10H2,1H3,(H,17,18). The van der Waals surface area contributed by atoms with Gasteiger partial charge in [-0.15, -0.1) is 0 Å². The summed E-state index contributed by atoms with van der Waals surface area (Å²) < 4.78 is 5.22. The predicted molar refractivity (Wildman–Crippen MR) is 72.8 cm³/mol. The molecule has 1 fully saturated rings. The zero-order valence-electron chi connectivity index (χ0n) is 11.1. The number of hydrogen-bond acceptors (Lipinski definition) is 3. The third-order valence-electron chi connectivity index (χ3n) is 3.65. The van der Waals surface area contributed by atoms with Crippen LogP contribution in [-0.4, -0.2) is 12.5 Å². The zero-order valence-corrected chi connectivity index (χ0v) is 11.1. The minimum absolute atomic E-state index is 0.00904. The topological polar surface area (TPSA) is 62.1 Å². The third-order valence-corrected chi connectivity index (χ3v) is 3.65. The van der Waals surface area contributed by atoms with Crippen molar-refractivity contribution >= 4 is 11.6 Å². The van der Waals surface area contributed by atoms with Gasteiger partial charge < -0.3 is 10.1 Å². The lowest BCUT2D eigenvalue weighted by Crippen LogP contribution is -2.30. The first kappa shape index (κ1) is 13.4. The molecule has 0 saturated heterocycles. The van der Waals surface area contributed by atoms with Crippen LogP contribution >= 0.6 is 0 Å². The first-order valence-electron chi connectivity index (χ1n) is 6.55. The number of amides is 1. The van der Waals surface area contributed by atoms with Crippen LogP contribution < -0.4 is 10.1 Å². The molecule has 0 unspecified atom stereocenters. The molecule has 2 rings (SSSR count). The maximum Gasteiger partial charge on any atom is 0.230 e. The highest BCUT2D eigenvalue weighted by atomic mass is 16.5. The van der Waals surface area contributed by atoms with Gasteiger partial charge in [-0.1, -0.05) is 25.8 Å². The summed E-state index contributed by atoms with van der Waals surface area (Å²) in [5.74, 6) is 0.665. The molecule has 1 saturated carbocycles. The normalized spacial score (nSPS) is 16.6. The molecule has 19 heavy (non-hydrogen) atoms. The number of nitrogens with one attached hydrogen (secondary N) is 1. The Bertz CT molecular complexity index is 499. The lowest BCUT2D eigenvalue weighted by molar-refractivity contribution is -0.124. The van der Waals surface area contributed by atoms with Crippen molar-refractivity contribution < 1.29 is 9.53 Å². The molecular formula is C15H18N2O2. The summed E-state index contributed by atoms with van der Waals surface area (Å²) in [6.07, 6.45) is 4.14. The van der Waals surface area contributed by atoms with Crippen LogP contribution in [0.15, 0.2) is 24.3 Å². The van der Waals surface area contributed by atoms with Gasteiger partial charge in [0.05, 0.1) is 0 Å². The van der Waals surface area contributed by atoms with Crippen LogP contribution in [0.2, 0.25) is 0 Å². The Morgan fingerprint density at radius 2 is 2.21 bits per heavy atom. The monoisotopic (exact) mass is 258 g/mol. The van der Waals surface area contributed by atoms with E-state index in [1.807, 2.05) is 19.1 Å². The fourth-order valence-electron chi connectivity index (χ4n) is 2.44. The second-order valence-electron chi connectivity index (χ2n) is 5.20. The van der Waals surface area contributed by atoms with Crippen molar-refractivity contribution in [1.29, 1.82) is 5.26 Å². The van der Waals surface area contributed by atoms with Gasteiger partial charge in [-0.25, -0.2) is 0 Å². The van der Waals surface area contributed by atoms with Crippen molar-refractivity contribution in [1.82, 2.24) is 0 Å². The third kappa shape index (κ3) is 3.25. The molecule has 1 N–H and O–H groups in total. The average molecular weight is 258 g/mol. The van der Waals surface area contributed by atoms with Gasteiger partial charge in [-0.2, -0.15) is 5.26 Å². The summed E-state index contributed by atoms with van der Waals surface area (Å²) in [6.45, 7) is 2.03. The van der Waals surface area contributed by atoms with Gasteiger partial charge in [0.1, 0.15) is 11.8 Å². The SMILES string of the molecule is CC1(C(=O)Nc2cccc(OCC#N)c2)CCCC1.